The van der Waals surface area contributed by atoms with E-state index in [1.165, 1.54) is 19.3 Å². The number of ether oxygens (including phenoxy) is 2. The van der Waals surface area contributed by atoms with Crippen LogP contribution in [0.15, 0.2) is 4.99 Å². The number of nitrogens with one attached hydrogen (secondary N) is 1. The van der Waals surface area contributed by atoms with E-state index in [1.54, 1.807) is 4.90 Å². The second-order valence-corrected chi connectivity index (χ2v) is 6.50. The Morgan fingerprint density at radius 1 is 1.32 bits per heavy atom. The lowest BCUT2D eigenvalue weighted by molar-refractivity contribution is 0.0105. The molecule has 0 aromatic carbocycles. The zero-order chi connectivity index (χ0) is 17.2. The van der Waals surface area contributed by atoms with E-state index in [1.807, 2.05) is 6.92 Å². The maximum Gasteiger partial charge on any atom is 0.409 e. The fraction of sp³-hybridized carbons (Fsp3) is 0.882. The summed E-state index contributed by atoms with van der Waals surface area (Å²) in [7, 11) is 0. The second-order valence-electron chi connectivity index (χ2n) is 6.50. The van der Waals surface area contributed by atoms with Crippen LogP contribution in [0.4, 0.5) is 4.79 Å². The van der Waals surface area contributed by atoms with Crippen molar-refractivity contribution in [2.45, 2.75) is 64.0 Å². The molecule has 25 heavy (non-hydrogen) atoms. The van der Waals surface area contributed by atoms with Crippen LogP contribution in [-0.2, 0) is 9.47 Å². The predicted molar refractivity (Wildman–Crippen MR) is 109 cm³/mol. The van der Waals surface area contributed by atoms with Crippen LogP contribution in [0.25, 0.3) is 0 Å². The summed E-state index contributed by atoms with van der Waals surface area (Å²) in [6.45, 7) is 5.28. The van der Waals surface area contributed by atoms with E-state index in [9.17, 15) is 4.79 Å². The summed E-state index contributed by atoms with van der Waals surface area (Å²) in [5.41, 5.74) is 5.97. The molecule has 2 saturated heterocycles. The number of aliphatic imine (C=N–C) groups is 1. The molecule has 2 aliphatic heterocycles. The molecular formula is C17H33IN4O3. The molecular weight excluding hydrogens is 435 g/mol. The SMILES string of the molecule is CCOC(=O)N1CCC(NC(N)=NCCCC2CCCCO2)CC1.I. The molecule has 1 atom stereocenters. The summed E-state index contributed by atoms with van der Waals surface area (Å²) < 4.78 is 10.7. The Balaban J connectivity index is 0.00000312. The van der Waals surface area contributed by atoms with Crippen LogP contribution in [0, 0.1) is 0 Å². The number of hydrogen-bond donors (Lipinski definition) is 2. The topological polar surface area (TPSA) is 89.2 Å². The molecule has 1 unspecified atom stereocenters. The van der Waals surface area contributed by atoms with Gasteiger partial charge in [-0.05, 0) is 51.9 Å². The standard InChI is InChI=1S/C17H32N4O3.HI/c1-2-23-17(22)21-11-8-14(9-12-21)20-16(18)19-10-5-7-15-6-3-4-13-24-15;/h14-15H,2-13H2,1H3,(H3,18,19,20);1H. The van der Waals surface area contributed by atoms with Crippen LogP contribution in [-0.4, -0.2) is 61.9 Å². The molecule has 146 valence electrons. The van der Waals surface area contributed by atoms with Gasteiger partial charge in [-0.25, -0.2) is 4.79 Å². The maximum absolute atomic E-state index is 11.7. The normalized spacial score (nSPS) is 22.2. The summed E-state index contributed by atoms with van der Waals surface area (Å²) in [5, 5.41) is 3.27. The second kappa shape index (κ2) is 12.6. The quantitative estimate of drug-likeness (QED) is 0.271. The fourth-order valence-electron chi connectivity index (χ4n) is 3.23. The molecule has 2 heterocycles. The van der Waals surface area contributed by atoms with Gasteiger partial charge in [0, 0.05) is 32.3 Å². The van der Waals surface area contributed by atoms with E-state index in [2.05, 4.69) is 10.3 Å². The first-order valence-electron chi connectivity index (χ1n) is 9.28. The molecule has 2 rings (SSSR count). The zero-order valence-electron chi connectivity index (χ0n) is 15.2. The lowest BCUT2D eigenvalue weighted by Crippen LogP contribution is -2.48. The van der Waals surface area contributed by atoms with Gasteiger partial charge in [-0.2, -0.15) is 0 Å². The van der Waals surface area contributed by atoms with Gasteiger partial charge in [-0.3, -0.25) is 4.99 Å². The number of carbonyl (C=O) groups is 1. The van der Waals surface area contributed by atoms with Crippen molar-refractivity contribution in [3.05, 3.63) is 0 Å². The Hall–Kier alpha value is -0.770. The van der Waals surface area contributed by atoms with Gasteiger partial charge in [0.1, 0.15) is 0 Å². The molecule has 2 aliphatic rings. The largest absolute Gasteiger partial charge is 0.450 e. The summed E-state index contributed by atoms with van der Waals surface area (Å²) in [4.78, 5) is 17.8. The Bertz CT molecular complexity index is 409. The predicted octanol–water partition coefficient (Wildman–Crippen LogP) is 2.48. The van der Waals surface area contributed by atoms with E-state index < -0.39 is 0 Å². The number of rotatable bonds is 6. The summed E-state index contributed by atoms with van der Waals surface area (Å²) in [5.74, 6) is 0.508. The maximum atomic E-state index is 11.7. The number of likely N-dealkylation sites (tertiary alicyclic amines) is 1. The van der Waals surface area contributed by atoms with Gasteiger partial charge in [0.05, 0.1) is 12.7 Å². The van der Waals surface area contributed by atoms with Crippen LogP contribution >= 0.6 is 24.0 Å². The number of nitrogens with two attached hydrogens (primary N) is 1. The lowest BCUT2D eigenvalue weighted by Gasteiger charge is -2.31. The Morgan fingerprint density at radius 2 is 2.08 bits per heavy atom. The third kappa shape index (κ3) is 8.44. The first-order chi connectivity index (χ1) is 11.7. The first-order valence-corrected chi connectivity index (χ1v) is 9.28. The fourth-order valence-corrected chi connectivity index (χ4v) is 3.23. The van der Waals surface area contributed by atoms with Crippen molar-refractivity contribution in [3.8, 4) is 0 Å². The molecule has 0 aliphatic carbocycles. The molecule has 7 nitrogen and oxygen atoms in total. The van der Waals surface area contributed by atoms with Crippen molar-refractivity contribution in [3.63, 3.8) is 0 Å². The highest BCUT2D eigenvalue weighted by Crippen LogP contribution is 2.16. The molecule has 8 heteroatoms. The van der Waals surface area contributed by atoms with Gasteiger partial charge in [-0.15, -0.1) is 24.0 Å². The zero-order valence-corrected chi connectivity index (χ0v) is 17.6. The molecule has 0 saturated carbocycles. The molecule has 1 amide bonds. The highest BCUT2D eigenvalue weighted by molar-refractivity contribution is 14.0. The highest BCUT2D eigenvalue weighted by atomic mass is 127. The smallest absolute Gasteiger partial charge is 0.409 e. The lowest BCUT2D eigenvalue weighted by atomic mass is 10.0. The van der Waals surface area contributed by atoms with Crippen molar-refractivity contribution >= 4 is 36.0 Å². The van der Waals surface area contributed by atoms with E-state index in [4.69, 9.17) is 15.2 Å². The minimum absolute atomic E-state index is 0. The Labute approximate surface area is 168 Å². The number of piperidine rings is 1. The van der Waals surface area contributed by atoms with Gasteiger partial charge in [0.2, 0.25) is 0 Å². The number of hydrogen-bond acceptors (Lipinski definition) is 4. The van der Waals surface area contributed by atoms with E-state index in [0.29, 0.717) is 31.8 Å². The first kappa shape index (κ1) is 22.3. The van der Waals surface area contributed by atoms with Gasteiger partial charge >= 0.3 is 6.09 Å². The minimum Gasteiger partial charge on any atom is -0.450 e. The van der Waals surface area contributed by atoms with E-state index in [0.717, 1.165) is 38.8 Å². The highest BCUT2D eigenvalue weighted by Gasteiger charge is 2.23. The average Bonchev–Trinajstić information content (AvgIpc) is 2.60. The van der Waals surface area contributed by atoms with E-state index >= 15 is 0 Å². The molecule has 0 aromatic heterocycles. The van der Waals surface area contributed by atoms with Crippen LogP contribution in [0.1, 0.15) is 51.9 Å². The Morgan fingerprint density at radius 3 is 2.72 bits per heavy atom. The van der Waals surface area contributed by atoms with Crippen LogP contribution in [0.2, 0.25) is 0 Å². The molecule has 0 spiro atoms. The summed E-state index contributed by atoms with van der Waals surface area (Å²) in [6.07, 6.45) is 7.65. The molecule has 0 aromatic rings. The van der Waals surface area contributed by atoms with Gasteiger partial charge in [0.25, 0.3) is 0 Å². The molecule has 3 N–H and O–H groups in total. The van der Waals surface area contributed by atoms with E-state index in [-0.39, 0.29) is 36.1 Å². The number of carbonyl (C=O) groups excluding carboxylic acids is 1. The third-order valence-corrected chi connectivity index (χ3v) is 4.61. The van der Waals surface area contributed by atoms with Crippen LogP contribution in [0.5, 0.6) is 0 Å². The number of amides is 1. The number of halogens is 1. The van der Waals surface area contributed by atoms with Crippen molar-refractivity contribution in [2.24, 2.45) is 10.7 Å². The van der Waals surface area contributed by atoms with Gasteiger partial charge in [0.15, 0.2) is 5.96 Å². The van der Waals surface area contributed by atoms with Crippen molar-refractivity contribution < 1.29 is 14.3 Å². The van der Waals surface area contributed by atoms with Gasteiger partial charge < -0.3 is 25.4 Å². The van der Waals surface area contributed by atoms with Crippen LogP contribution in [0.3, 0.4) is 0 Å². The molecule has 0 radical (unpaired) electrons. The monoisotopic (exact) mass is 468 g/mol. The number of nitrogens with zero attached hydrogens (tertiary/aromatic N) is 2. The summed E-state index contributed by atoms with van der Waals surface area (Å²) >= 11 is 0. The summed E-state index contributed by atoms with van der Waals surface area (Å²) in [6, 6.07) is 0.279. The van der Waals surface area contributed by atoms with Crippen molar-refractivity contribution in [1.29, 1.82) is 0 Å². The molecule has 0 bridgehead atoms. The van der Waals surface area contributed by atoms with Gasteiger partial charge in [-0.1, -0.05) is 0 Å². The van der Waals surface area contributed by atoms with Crippen LogP contribution < -0.4 is 11.1 Å². The van der Waals surface area contributed by atoms with Crippen molar-refractivity contribution in [2.75, 3.05) is 32.8 Å². The molecule has 2 fully saturated rings. The Kier molecular flexibility index (Phi) is 11.2. The van der Waals surface area contributed by atoms with Crippen molar-refractivity contribution in [1.82, 2.24) is 10.2 Å². The minimum atomic E-state index is -0.220. The third-order valence-electron chi connectivity index (χ3n) is 4.61. The number of guanidine groups is 1. The average molecular weight is 468 g/mol.